The SMILES string of the molecule is COc1cccc(-c2[nH]ncc2C(=O)NCc2cccc(C(F)(F)F)c2)c1. The van der Waals surface area contributed by atoms with Crippen LogP contribution in [0.15, 0.2) is 54.7 Å². The second kappa shape index (κ2) is 7.53. The van der Waals surface area contributed by atoms with Crippen LogP contribution in [-0.4, -0.2) is 23.2 Å². The highest BCUT2D eigenvalue weighted by atomic mass is 19.4. The molecule has 2 N–H and O–H groups in total. The molecule has 0 aliphatic carbocycles. The van der Waals surface area contributed by atoms with Crippen molar-refractivity contribution >= 4 is 5.91 Å². The highest BCUT2D eigenvalue weighted by molar-refractivity contribution is 5.99. The van der Waals surface area contributed by atoms with Crippen LogP contribution in [0.3, 0.4) is 0 Å². The lowest BCUT2D eigenvalue weighted by molar-refractivity contribution is -0.137. The van der Waals surface area contributed by atoms with Crippen molar-refractivity contribution in [2.75, 3.05) is 7.11 Å². The molecule has 1 aromatic heterocycles. The summed E-state index contributed by atoms with van der Waals surface area (Å²) in [6, 6.07) is 11.9. The zero-order chi connectivity index (χ0) is 19.4. The van der Waals surface area contributed by atoms with Gasteiger partial charge in [-0.25, -0.2) is 0 Å². The van der Waals surface area contributed by atoms with Gasteiger partial charge in [0.15, 0.2) is 0 Å². The van der Waals surface area contributed by atoms with E-state index in [1.165, 1.54) is 25.4 Å². The molecule has 0 spiro atoms. The Morgan fingerprint density at radius 3 is 2.70 bits per heavy atom. The lowest BCUT2D eigenvalue weighted by atomic mass is 10.1. The summed E-state index contributed by atoms with van der Waals surface area (Å²) < 4.78 is 43.5. The van der Waals surface area contributed by atoms with Crippen LogP contribution < -0.4 is 10.1 Å². The number of alkyl halides is 3. The summed E-state index contributed by atoms with van der Waals surface area (Å²) >= 11 is 0. The third-order valence-corrected chi connectivity index (χ3v) is 3.95. The maximum Gasteiger partial charge on any atom is 0.416 e. The summed E-state index contributed by atoms with van der Waals surface area (Å²) in [5, 5.41) is 9.29. The molecule has 0 saturated heterocycles. The molecule has 2 aromatic carbocycles. The molecule has 0 unspecified atom stereocenters. The molecule has 0 bridgehead atoms. The first-order valence-electron chi connectivity index (χ1n) is 8.00. The summed E-state index contributed by atoms with van der Waals surface area (Å²) in [6.45, 7) is -0.0362. The number of nitrogens with one attached hydrogen (secondary N) is 2. The smallest absolute Gasteiger partial charge is 0.416 e. The van der Waals surface area contributed by atoms with E-state index in [1.54, 1.807) is 24.3 Å². The lowest BCUT2D eigenvalue weighted by Crippen LogP contribution is -2.23. The second-order valence-electron chi connectivity index (χ2n) is 5.77. The quantitative estimate of drug-likeness (QED) is 0.707. The Labute approximate surface area is 153 Å². The first-order chi connectivity index (χ1) is 12.9. The topological polar surface area (TPSA) is 67.0 Å². The number of nitrogens with zero attached hydrogens (tertiary/aromatic N) is 1. The van der Waals surface area contributed by atoms with Crippen molar-refractivity contribution in [2.45, 2.75) is 12.7 Å². The van der Waals surface area contributed by atoms with E-state index < -0.39 is 17.6 Å². The van der Waals surface area contributed by atoms with Gasteiger partial charge in [0.05, 0.1) is 30.1 Å². The van der Waals surface area contributed by atoms with Gasteiger partial charge in [-0.1, -0.05) is 24.3 Å². The van der Waals surface area contributed by atoms with Crippen molar-refractivity contribution in [3.8, 4) is 17.0 Å². The van der Waals surface area contributed by atoms with Gasteiger partial charge in [0.25, 0.3) is 5.91 Å². The lowest BCUT2D eigenvalue weighted by Gasteiger charge is -2.10. The number of aromatic nitrogens is 2. The first kappa shape index (κ1) is 18.5. The first-order valence-corrected chi connectivity index (χ1v) is 8.00. The van der Waals surface area contributed by atoms with Gasteiger partial charge in [-0.2, -0.15) is 18.3 Å². The average molecular weight is 375 g/mol. The van der Waals surface area contributed by atoms with Crippen molar-refractivity contribution < 1.29 is 22.7 Å². The van der Waals surface area contributed by atoms with Crippen molar-refractivity contribution in [1.82, 2.24) is 15.5 Å². The molecule has 3 rings (SSSR count). The Morgan fingerprint density at radius 2 is 1.96 bits per heavy atom. The van der Waals surface area contributed by atoms with Gasteiger partial charge in [0.1, 0.15) is 5.75 Å². The molecular formula is C19H16F3N3O2. The van der Waals surface area contributed by atoms with Crippen LogP contribution in [-0.2, 0) is 12.7 Å². The molecule has 0 saturated carbocycles. The number of H-pyrrole nitrogens is 1. The highest BCUT2D eigenvalue weighted by Gasteiger charge is 2.30. The number of aromatic amines is 1. The second-order valence-corrected chi connectivity index (χ2v) is 5.77. The fourth-order valence-electron chi connectivity index (χ4n) is 2.59. The molecule has 27 heavy (non-hydrogen) atoms. The summed E-state index contributed by atoms with van der Waals surface area (Å²) in [4.78, 5) is 12.5. The van der Waals surface area contributed by atoms with Crippen LogP contribution in [0.25, 0.3) is 11.3 Å². The molecule has 140 valence electrons. The molecule has 0 radical (unpaired) electrons. The van der Waals surface area contributed by atoms with Crippen molar-refractivity contribution in [2.24, 2.45) is 0 Å². The average Bonchev–Trinajstić information content (AvgIpc) is 3.15. The van der Waals surface area contributed by atoms with E-state index >= 15 is 0 Å². The van der Waals surface area contributed by atoms with Gasteiger partial charge < -0.3 is 10.1 Å². The number of carbonyl (C=O) groups excluding carboxylic acids is 1. The molecule has 3 aromatic rings. The zero-order valence-corrected chi connectivity index (χ0v) is 14.3. The fourth-order valence-corrected chi connectivity index (χ4v) is 2.59. The van der Waals surface area contributed by atoms with Crippen LogP contribution >= 0.6 is 0 Å². The number of amides is 1. The number of carbonyl (C=O) groups is 1. The standard InChI is InChI=1S/C19H16F3N3O2/c1-27-15-7-3-5-13(9-15)17-16(11-24-25-17)18(26)23-10-12-4-2-6-14(8-12)19(20,21)22/h2-9,11H,10H2,1H3,(H,23,26)(H,24,25). The highest BCUT2D eigenvalue weighted by Crippen LogP contribution is 2.29. The van der Waals surface area contributed by atoms with Crippen molar-refractivity contribution in [3.05, 3.63) is 71.4 Å². The van der Waals surface area contributed by atoms with Crippen molar-refractivity contribution in [3.63, 3.8) is 0 Å². The fraction of sp³-hybridized carbons (Fsp3) is 0.158. The number of halogens is 3. The Morgan fingerprint density at radius 1 is 1.19 bits per heavy atom. The normalized spacial score (nSPS) is 11.3. The number of ether oxygens (including phenoxy) is 1. The van der Waals surface area contributed by atoms with Crippen LogP contribution in [0.2, 0.25) is 0 Å². The molecule has 0 atom stereocenters. The molecule has 5 nitrogen and oxygen atoms in total. The molecule has 1 amide bonds. The van der Waals surface area contributed by atoms with Crippen LogP contribution in [0.4, 0.5) is 13.2 Å². The van der Waals surface area contributed by atoms with E-state index in [0.717, 1.165) is 12.1 Å². The maximum absolute atomic E-state index is 12.8. The third-order valence-electron chi connectivity index (χ3n) is 3.95. The van der Waals surface area contributed by atoms with Gasteiger partial charge in [0, 0.05) is 12.1 Å². The molecule has 0 aliphatic heterocycles. The van der Waals surface area contributed by atoms with E-state index in [9.17, 15) is 18.0 Å². The minimum Gasteiger partial charge on any atom is -0.497 e. The predicted octanol–water partition coefficient (Wildman–Crippen LogP) is 4.03. The summed E-state index contributed by atoms with van der Waals surface area (Å²) in [5.41, 5.74) is 1.08. The van der Waals surface area contributed by atoms with Gasteiger partial charge in [0.2, 0.25) is 0 Å². The maximum atomic E-state index is 12.8. The number of benzene rings is 2. The van der Waals surface area contributed by atoms with E-state index in [4.69, 9.17) is 4.74 Å². The van der Waals surface area contributed by atoms with Gasteiger partial charge >= 0.3 is 6.18 Å². The van der Waals surface area contributed by atoms with Crippen LogP contribution in [0, 0.1) is 0 Å². The predicted molar refractivity (Wildman–Crippen MR) is 93.2 cm³/mol. The Hall–Kier alpha value is -3.29. The van der Waals surface area contributed by atoms with Crippen LogP contribution in [0.1, 0.15) is 21.5 Å². The summed E-state index contributed by atoms with van der Waals surface area (Å²) in [6.07, 6.45) is -3.06. The zero-order valence-electron chi connectivity index (χ0n) is 14.3. The molecule has 0 fully saturated rings. The Kier molecular flexibility index (Phi) is 5.16. The number of hydrogen-bond acceptors (Lipinski definition) is 3. The number of rotatable bonds is 5. The van der Waals surface area contributed by atoms with Crippen LogP contribution in [0.5, 0.6) is 5.75 Å². The molecule has 1 heterocycles. The van der Waals surface area contributed by atoms with E-state index in [1.807, 2.05) is 0 Å². The largest absolute Gasteiger partial charge is 0.497 e. The van der Waals surface area contributed by atoms with E-state index in [-0.39, 0.29) is 12.1 Å². The van der Waals surface area contributed by atoms with Gasteiger partial charge in [-0.3, -0.25) is 9.89 Å². The number of hydrogen-bond donors (Lipinski definition) is 2. The Bertz CT molecular complexity index is 951. The minimum absolute atomic E-state index is 0.0362. The minimum atomic E-state index is -4.43. The Balaban J connectivity index is 1.76. The van der Waals surface area contributed by atoms with E-state index in [0.29, 0.717) is 22.6 Å². The molecule has 0 aliphatic rings. The van der Waals surface area contributed by atoms with E-state index in [2.05, 4.69) is 15.5 Å². The summed E-state index contributed by atoms with van der Waals surface area (Å²) in [7, 11) is 1.54. The van der Waals surface area contributed by atoms with Gasteiger partial charge in [-0.05, 0) is 29.8 Å². The van der Waals surface area contributed by atoms with Gasteiger partial charge in [-0.15, -0.1) is 0 Å². The number of methoxy groups -OCH3 is 1. The molecular weight excluding hydrogens is 359 g/mol. The third kappa shape index (κ3) is 4.28. The van der Waals surface area contributed by atoms with Crippen molar-refractivity contribution in [1.29, 1.82) is 0 Å². The molecule has 8 heteroatoms. The summed E-state index contributed by atoms with van der Waals surface area (Å²) in [5.74, 6) is 0.177. The monoisotopic (exact) mass is 375 g/mol.